The van der Waals surface area contributed by atoms with Crippen molar-refractivity contribution in [3.8, 4) is 0 Å². The number of carbonyl (C=O) groups excluding carboxylic acids is 2. The third-order valence-corrected chi connectivity index (χ3v) is 4.33. The Bertz CT molecular complexity index is 1000. The van der Waals surface area contributed by atoms with Gasteiger partial charge in [-0.2, -0.15) is 0 Å². The van der Waals surface area contributed by atoms with Gasteiger partial charge in [0.05, 0.1) is 22.6 Å². The quantitative estimate of drug-likeness (QED) is 0.668. The third-order valence-electron chi connectivity index (χ3n) is 4.33. The lowest BCUT2D eigenvalue weighted by molar-refractivity contribution is 0.102. The molecule has 1 N–H and O–H groups in total. The Labute approximate surface area is 164 Å². The summed E-state index contributed by atoms with van der Waals surface area (Å²) in [6.07, 6.45) is 7.85. The van der Waals surface area contributed by atoms with Crippen molar-refractivity contribution in [2.75, 3.05) is 24.3 Å². The van der Waals surface area contributed by atoms with Crippen molar-refractivity contribution >= 4 is 35.7 Å². The maximum atomic E-state index is 12.3. The van der Waals surface area contributed by atoms with Crippen LogP contribution in [0.25, 0.3) is 12.2 Å². The van der Waals surface area contributed by atoms with Gasteiger partial charge in [0.25, 0.3) is 5.91 Å². The molecule has 0 fully saturated rings. The summed E-state index contributed by atoms with van der Waals surface area (Å²) in [6, 6.07) is 13.3. The lowest BCUT2D eigenvalue weighted by atomic mass is 10.1. The Morgan fingerprint density at radius 2 is 1.86 bits per heavy atom. The summed E-state index contributed by atoms with van der Waals surface area (Å²) in [6.45, 7) is 0. The van der Waals surface area contributed by atoms with Crippen LogP contribution in [0.5, 0.6) is 0 Å². The van der Waals surface area contributed by atoms with Gasteiger partial charge in [-0.3, -0.25) is 14.6 Å². The van der Waals surface area contributed by atoms with Crippen LogP contribution in [0, 0.1) is 0 Å². The number of anilines is 2. The SMILES string of the molecule is CN(C)c1ccc(/C=C/c2ccc(C(=O)Nc3cc(C=O)n(C)c3)cn2)cc1. The summed E-state index contributed by atoms with van der Waals surface area (Å²) in [5.41, 5.74) is 4.49. The van der Waals surface area contributed by atoms with E-state index in [1.54, 1.807) is 36.0 Å². The number of aromatic nitrogens is 2. The largest absolute Gasteiger partial charge is 0.378 e. The zero-order valence-corrected chi connectivity index (χ0v) is 16.1. The molecule has 0 saturated carbocycles. The first-order valence-corrected chi connectivity index (χ1v) is 8.80. The first-order chi connectivity index (χ1) is 13.5. The zero-order chi connectivity index (χ0) is 20.1. The summed E-state index contributed by atoms with van der Waals surface area (Å²) in [5.74, 6) is -0.273. The van der Waals surface area contributed by atoms with Crippen LogP contribution in [0.4, 0.5) is 11.4 Å². The molecule has 3 rings (SSSR count). The van der Waals surface area contributed by atoms with Gasteiger partial charge in [0.1, 0.15) is 0 Å². The Morgan fingerprint density at radius 3 is 2.43 bits per heavy atom. The number of benzene rings is 1. The molecule has 0 unspecified atom stereocenters. The second-order valence-corrected chi connectivity index (χ2v) is 6.63. The minimum atomic E-state index is -0.273. The molecule has 28 heavy (non-hydrogen) atoms. The fourth-order valence-electron chi connectivity index (χ4n) is 2.67. The van der Waals surface area contributed by atoms with E-state index in [-0.39, 0.29) is 5.91 Å². The molecule has 2 heterocycles. The molecule has 142 valence electrons. The highest BCUT2D eigenvalue weighted by Gasteiger charge is 2.09. The topological polar surface area (TPSA) is 67.2 Å². The van der Waals surface area contributed by atoms with Crippen molar-refractivity contribution in [3.63, 3.8) is 0 Å². The summed E-state index contributed by atoms with van der Waals surface area (Å²) in [7, 11) is 5.76. The van der Waals surface area contributed by atoms with Crippen LogP contribution in [-0.4, -0.2) is 35.8 Å². The number of carbonyl (C=O) groups is 2. The van der Waals surface area contributed by atoms with E-state index in [0.29, 0.717) is 16.9 Å². The molecule has 2 aromatic heterocycles. The fourth-order valence-corrected chi connectivity index (χ4v) is 2.67. The summed E-state index contributed by atoms with van der Waals surface area (Å²) < 4.78 is 1.65. The number of aryl methyl sites for hydroxylation is 1. The van der Waals surface area contributed by atoms with Crippen LogP contribution in [-0.2, 0) is 7.05 Å². The van der Waals surface area contributed by atoms with Crippen molar-refractivity contribution in [2.45, 2.75) is 0 Å². The molecule has 0 saturated heterocycles. The van der Waals surface area contributed by atoms with Gasteiger partial charge < -0.3 is 14.8 Å². The Kier molecular flexibility index (Phi) is 5.69. The molecule has 0 aliphatic rings. The summed E-state index contributed by atoms with van der Waals surface area (Å²) in [5, 5.41) is 2.76. The number of rotatable bonds is 6. The maximum Gasteiger partial charge on any atom is 0.257 e. The van der Waals surface area contributed by atoms with Gasteiger partial charge in [-0.25, -0.2) is 0 Å². The van der Waals surface area contributed by atoms with E-state index < -0.39 is 0 Å². The minimum absolute atomic E-state index is 0.273. The highest BCUT2D eigenvalue weighted by atomic mass is 16.1. The van der Waals surface area contributed by atoms with E-state index in [4.69, 9.17) is 0 Å². The smallest absolute Gasteiger partial charge is 0.257 e. The fraction of sp³-hybridized carbons (Fsp3) is 0.136. The van der Waals surface area contributed by atoms with Gasteiger partial charge in [0.15, 0.2) is 6.29 Å². The predicted molar refractivity (Wildman–Crippen MR) is 113 cm³/mol. The monoisotopic (exact) mass is 374 g/mol. The first-order valence-electron chi connectivity index (χ1n) is 8.80. The molecule has 0 atom stereocenters. The van der Waals surface area contributed by atoms with Crippen molar-refractivity contribution in [3.05, 3.63) is 77.4 Å². The Balaban J connectivity index is 1.65. The van der Waals surface area contributed by atoms with Crippen LogP contribution >= 0.6 is 0 Å². The Hall–Kier alpha value is -3.67. The van der Waals surface area contributed by atoms with Gasteiger partial charge in [0, 0.05) is 39.2 Å². The molecule has 0 bridgehead atoms. The molecule has 6 heteroatoms. The molecule has 0 spiro atoms. The molecule has 6 nitrogen and oxygen atoms in total. The average Bonchev–Trinajstić information content (AvgIpc) is 3.06. The van der Waals surface area contributed by atoms with Crippen molar-refractivity contribution in [1.29, 1.82) is 0 Å². The van der Waals surface area contributed by atoms with Gasteiger partial charge in [-0.15, -0.1) is 0 Å². The molecule has 0 aliphatic heterocycles. The van der Waals surface area contributed by atoms with E-state index in [1.165, 1.54) is 6.20 Å². The average molecular weight is 374 g/mol. The number of hydrogen-bond acceptors (Lipinski definition) is 4. The molecule has 3 aromatic rings. The van der Waals surface area contributed by atoms with Crippen LogP contribution in [0.15, 0.2) is 54.9 Å². The second-order valence-electron chi connectivity index (χ2n) is 6.63. The van der Waals surface area contributed by atoms with E-state index in [0.717, 1.165) is 23.2 Å². The standard InChI is InChI=1S/C22H22N4O2/c1-25(2)20-10-5-16(6-11-20)4-8-18-9-7-17(13-23-18)22(28)24-19-12-21(15-27)26(3)14-19/h4-15H,1-3H3,(H,24,28)/b8-4+. The highest BCUT2D eigenvalue weighted by molar-refractivity contribution is 6.04. The zero-order valence-electron chi connectivity index (χ0n) is 16.1. The van der Waals surface area contributed by atoms with Gasteiger partial charge >= 0.3 is 0 Å². The molecule has 1 amide bonds. The number of nitrogens with one attached hydrogen (secondary N) is 1. The number of aldehydes is 1. The predicted octanol–water partition coefficient (Wildman–Crippen LogP) is 3.72. The normalized spacial score (nSPS) is 10.8. The lowest BCUT2D eigenvalue weighted by Crippen LogP contribution is -2.11. The van der Waals surface area contributed by atoms with E-state index in [1.807, 2.05) is 43.3 Å². The maximum absolute atomic E-state index is 12.3. The Morgan fingerprint density at radius 1 is 1.11 bits per heavy atom. The van der Waals surface area contributed by atoms with E-state index in [9.17, 15) is 9.59 Å². The number of pyridine rings is 1. The number of amides is 1. The molecular weight excluding hydrogens is 352 g/mol. The number of nitrogens with zero attached hydrogens (tertiary/aromatic N) is 3. The third kappa shape index (κ3) is 4.54. The van der Waals surface area contributed by atoms with E-state index in [2.05, 4.69) is 22.4 Å². The molecular formula is C22H22N4O2. The molecule has 0 radical (unpaired) electrons. The highest BCUT2D eigenvalue weighted by Crippen LogP contribution is 2.15. The number of hydrogen-bond donors (Lipinski definition) is 1. The van der Waals surface area contributed by atoms with Crippen molar-refractivity contribution in [1.82, 2.24) is 9.55 Å². The van der Waals surface area contributed by atoms with Crippen molar-refractivity contribution in [2.24, 2.45) is 7.05 Å². The summed E-state index contributed by atoms with van der Waals surface area (Å²) >= 11 is 0. The van der Waals surface area contributed by atoms with Gasteiger partial charge in [0.2, 0.25) is 0 Å². The molecule has 0 aliphatic carbocycles. The summed E-state index contributed by atoms with van der Waals surface area (Å²) in [4.78, 5) is 29.6. The first kappa shape index (κ1) is 19.1. The lowest BCUT2D eigenvalue weighted by Gasteiger charge is -2.11. The van der Waals surface area contributed by atoms with E-state index >= 15 is 0 Å². The van der Waals surface area contributed by atoms with Gasteiger partial charge in [-0.05, 0) is 42.0 Å². The minimum Gasteiger partial charge on any atom is -0.378 e. The second kappa shape index (κ2) is 8.35. The van der Waals surface area contributed by atoms with Crippen molar-refractivity contribution < 1.29 is 9.59 Å². The van der Waals surface area contributed by atoms with Gasteiger partial charge in [-0.1, -0.05) is 18.2 Å². The van der Waals surface area contributed by atoms with Crippen LogP contribution in [0.2, 0.25) is 0 Å². The van der Waals surface area contributed by atoms with Crippen LogP contribution < -0.4 is 10.2 Å². The molecule has 1 aromatic carbocycles. The van der Waals surface area contributed by atoms with Crippen LogP contribution in [0.1, 0.15) is 32.1 Å². The van der Waals surface area contributed by atoms with Crippen LogP contribution in [0.3, 0.4) is 0 Å².